The van der Waals surface area contributed by atoms with E-state index in [9.17, 15) is 0 Å². The molecule has 0 aromatic carbocycles. The lowest BCUT2D eigenvalue weighted by Crippen LogP contribution is -3.00. The van der Waals surface area contributed by atoms with Crippen LogP contribution in [0, 0.1) is 0 Å². The second-order valence-electron chi connectivity index (χ2n) is 17.7. The van der Waals surface area contributed by atoms with Crippen molar-refractivity contribution in [3.63, 3.8) is 0 Å². The van der Waals surface area contributed by atoms with Crippen molar-refractivity contribution in [1.29, 1.82) is 0 Å². The molecule has 2 heteroatoms. The Morgan fingerprint density at radius 1 is 0.173 bits per heavy atom. The molecule has 0 atom stereocenters. The van der Waals surface area contributed by atoms with E-state index in [1.165, 1.54) is 244 Å². The van der Waals surface area contributed by atoms with Gasteiger partial charge in [0.05, 0.1) is 24.6 Å². The zero-order chi connectivity index (χ0) is 37.0. The van der Waals surface area contributed by atoms with Gasteiger partial charge in [0.2, 0.25) is 0 Å². The average Bonchev–Trinajstić information content (AvgIpc) is 3.14. The molecule has 0 bridgehead atoms. The van der Waals surface area contributed by atoms with Gasteiger partial charge in [-0.15, -0.1) is 0 Å². The van der Waals surface area contributed by atoms with Crippen LogP contribution in [-0.4, -0.2) is 24.6 Å². The van der Waals surface area contributed by atoms with Gasteiger partial charge in [-0.3, -0.25) is 0 Å². The van der Waals surface area contributed by atoms with E-state index < -0.39 is 7.26 Å². The maximum Gasteiger partial charge on any atom is 0.0594 e. The predicted octanol–water partition coefficient (Wildman–Crippen LogP) is 16.5. The van der Waals surface area contributed by atoms with Gasteiger partial charge in [-0.2, -0.15) is 0 Å². The van der Waals surface area contributed by atoms with Crippen molar-refractivity contribution in [3.8, 4) is 0 Å². The van der Waals surface area contributed by atoms with Crippen molar-refractivity contribution in [1.82, 2.24) is 0 Å². The lowest BCUT2D eigenvalue weighted by atomic mass is 10.0. The summed E-state index contributed by atoms with van der Waals surface area (Å²) in [6.45, 7) is 9.40. The summed E-state index contributed by atoms with van der Waals surface area (Å²) in [5.74, 6) is 0. The van der Waals surface area contributed by atoms with Crippen LogP contribution in [0.4, 0.5) is 0 Å². The smallest absolute Gasteiger partial charge is 0.0594 e. The van der Waals surface area contributed by atoms with Crippen LogP contribution in [0.15, 0.2) is 0 Å². The summed E-state index contributed by atoms with van der Waals surface area (Å²) >= 11 is 0. The fourth-order valence-electron chi connectivity index (χ4n) is 8.76. The molecule has 0 aromatic rings. The molecule has 0 rings (SSSR count). The molecular weight excluding hydrogens is 758 g/mol. The molecular formula is C50H104IP. The molecule has 52 heavy (non-hydrogen) atoms. The van der Waals surface area contributed by atoms with Crippen molar-refractivity contribution >= 4 is 7.26 Å². The Balaban J connectivity index is 0. The normalized spacial score (nSPS) is 11.8. The summed E-state index contributed by atoms with van der Waals surface area (Å²) < 4.78 is 0. The Morgan fingerprint density at radius 2 is 0.288 bits per heavy atom. The molecule has 0 aromatic heterocycles. The van der Waals surface area contributed by atoms with E-state index in [0.29, 0.717) is 0 Å². The molecule has 0 unspecified atom stereocenters. The van der Waals surface area contributed by atoms with E-state index in [1.807, 2.05) is 0 Å². The standard InChI is InChI=1S/C50H104P.HI/c1-5-9-13-17-19-21-23-25-27-29-31-33-35-37-41-45-49-51(47-43-39-15-11-7-3,48-44-40-16-12-8-4)50-46-42-38-36-34-32-30-28-26-24-22-20-18-14-10-6-2;/h5-50H2,1-4H3;1H/q+1;/p-1. The Bertz CT molecular complexity index is 553. The summed E-state index contributed by atoms with van der Waals surface area (Å²) in [6, 6.07) is 0. The van der Waals surface area contributed by atoms with Crippen molar-refractivity contribution in [2.45, 2.75) is 297 Å². The van der Waals surface area contributed by atoms with Crippen molar-refractivity contribution < 1.29 is 24.0 Å². The summed E-state index contributed by atoms with van der Waals surface area (Å²) in [4.78, 5) is 0. The highest BCUT2D eigenvalue weighted by molar-refractivity contribution is 7.75. The topological polar surface area (TPSA) is 0 Å². The summed E-state index contributed by atoms with van der Waals surface area (Å²) in [5, 5.41) is 0. The molecule has 0 heterocycles. The lowest BCUT2D eigenvalue weighted by molar-refractivity contribution is -0.0000115. The van der Waals surface area contributed by atoms with Gasteiger partial charge in [-0.05, 0) is 51.4 Å². The fourth-order valence-corrected chi connectivity index (χ4v) is 13.7. The Morgan fingerprint density at radius 3 is 0.423 bits per heavy atom. The molecule has 0 fully saturated rings. The van der Waals surface area contributed by atoms with Gasteiger partial charge >= 0.3 is 0 Å². The number of rotatable bonds is 46. The van der Waals surface area contributed by atoms with Crippen LogP contribution in [0.5, 0.6) is 0 Å². The quantitative estimate of drug-likeness (QED) is 0.0325. The van der Waals surface area contributed by atoms with Crippen LogP contribution < -0.4 is 24.0 Å². The van der Waals surface area contributed by atoms with Gasteiger partial charge in [0.15, 0.2) is 0 Å². The molecule has 0 nitrogen and oxygen atoms in total. The monoisotopic (exact) mass is 863 g/mol. The first-order valence-corrected chi connectivity index (χ1v) is 27.6. The van der Waals surface area contributed by atoms with Crippen molar-refractivity contribution in [2.24, 2.45) is 0 Å². The van der Waals surface area contributed by atoms with E-state index in [2.05, 4.69) is 27.7 Å². The highest BCUT2D eigenvalue weighted by atomic mass is 127. The highest BCUT2D eigenvalue weighted by Gasteiger charge is 2.35. The largest absolute Gasteiger partial charge is 1.00 e. The minimum Gasteiger partial charge on any atom is -1.00 e. The van der Waals surface area contributed by atoms with Gasteiger partial charge in [0, 0.05) is 7.26 Å². The van der Waals surface area contributed by atoms with Crippen LogP contribution in [0.2, 0.25) is 0 Å². The summed E-state index contributed by atoms with van der Waals surface area (Å²) in [7, 11) is -0.770. The van der Waals surface area contributed by atoms with E-state index in [1.54, 1.807) is 50.3 Å². The predicted molar refractivity (Wildman–Crippen MR) is 243 cm³/mol. The molecule has 0 spiro atoms. The molecule has 316 valence electrons. The fraction of sp³-hybridized carbons (Fsp3) is 1.00. The third kappa shape index (κ3) is 42.3. The Hall–Kier alpha value is 1.16. The minimum absolute atomic E-state index is 0. The number of hydrogen-bond acceptors (Lipinski definition) is 0. The van der Waals surface area contributed by atoms with Crippen LogP contribution >= 0.6 is 7.26 Å². The molecule has 0 aliphatic rings. The third-order valence-electron chi connectivity index (χ3n) is 12.4. The Labute approximate surface area is 351 Å². The minimum atomic E-state index is -0.770. The second-order valence-corrected chi connectivity index (χ2v) is 22.1. The summed E-state index contributed by atoms with van der Waals surface area (Å²) in [6.07, 6.45) is 69.2. The lowest BCUT2D eigenvalue weighted by Gasteiger charge is -2.28. The molecule has 0 amide bonds. The second kappa shape index (κ2) is 48.3. The van der Waals surface area contributed by atoms with Gasteiger partial charge in [-0.1, -0.05) is 246 Å². The van der Waals surface area contributed by atoms with Crippen LogP contribution in [0.3, 0.4) is 0 Å². The zero-order valence-electron chi connectivity index (χ0n) is 37.4. The van der Waals surface area contributed by atoms with Crippen LogP contribution in [0.25, 0.3) is 0 Å². The summed E-state index contributed by atoms with van der Waals surface area (Å²) in [5.41, 5.74) is 0. The average molecular weight is 863 g/mol. The van der Waals surface area contributed by atoms with Crippen LogP contribution in [-0.2, 0) is 0 Å². The number of hydrogen-bond donors (Lipinski definition) is 0. The maximum atomic E-state index is 2.38. The number of halogens is 1. The van der Waals surface area contributed by atoms with Gasteiger partial charge in [-0.25, -0.2) is 0 Å². The number of unbranched alkanes of at least 4 members (excludes halogenated alkanes) is 38. The van der Waals surface area contributed by atoms with Crippen LogP contribution in [0.1, 0.15) is 297 Å². The SMILES string of the molecule is CCCCCCCCCCCCCCCCCC[P+](CCCCCCC)(CCCCCCC)CCCCCCCCCCCCCCCCCC.[I-]. The van der Waals surface area contributed by atoms with Gasteiger partial charge < -0.3 is 24.0 Å². The van der Waals surface area contributed by atoms with Gasteiger partial charge in [0.1, 0.15) is 0 Å². The first kappa shape index (κ1) is 55.3. The molecule has 0 aliphatic heterocycles. The van der Waals surface area contributed by atoms with E-state index in [0.717, 1.165) is 0 Å². The first-order chi connectivity index (χ1) is 25.2. The van der Waals surface area contributed by atoms with E-state index in [-0.39, 0.29) is 24.0 Å². The van der Waals surface area contributed by atoms with Gasteiger partial charge in [0.25, 0.3) is 0 Å². The van der Waals surface area contributed by atoms with E-state index in [4.69, 9.17) is 0 Å². The van der Waals surface area contributed by atoms with E-state index >= 15 is 0 Å². The third-order valence-corrected chi connectivity index (χ3v) is 17.5. The first-order valence-electron chi connectivity index (χ1n) is 25.1. The van der Waals surface area contributed by atoms with Crippen molar-refractivity contribution in [2.75, 3.05) is 24.6 Å². The molecule has 0 aliphatic carbocycles. The Kier molecular flexibility index (Phi) is 51.3. The molecule has 0 N–H and O–H groups in total. The maximum absolute atomic E-state index is 2.38. The molecule has 0 radical (unpaired) electrons. The van der Waals surface area contributed by atoms with Crippen molar-refractivity contribution in [3.05, 3.63) is 0 Å². The zero-order valence-corrected chi connectivity index (χ0v) is 40.4. The highest BCUT2D eigenvalue weighted by Crippen LogP contribution is 2.61. The molecule has 0 saturated heterocycles. The molecule has 0 saturated carbocycles.